The molecule has 0 spiro atoms. The molecule has 2 aliphatic rings. The molecule has 3 rings (SSSR count). The van der Waals surface area contributed by atoms with Crippen molar-refractivity contribution in [3.05, 3.63) is 23.8 Å². The molecule has 2 unspecified atom stereocenters. The Morgan fingerprint density at radius 1 is 1.22 bits per heavy atom. The largest absolute Gasteiger partial charge is 0.508 e. The topological polar surface area (TPSA) is 49.5 Å². The molecule has 98 valence electrons. The van der Waals surface area contributed by atoms with Crippen LogP contribution in [0.25, 0.3) is 0 Å². The zero-order valence-corrected chi connectivity index (χ0v) is 10.8. The number of nitrogens with zero attached hydrogens (tertiary/aromatic N) is 1. The fourth-order valence-electron chi connectivity index (χ4n) is 3.65. The van der Waals surface area contributed by atoms with Crippen LogP contribution in [0.4, 0.5) is 5.69 Å². The number of nitrogens with two attached hydrogens (primary N) is 1. The summed E-state index contributed by atoms with van der Waals surface area (Å²) >= 11 is 0. The molecule has 1 heterocycles. The number of likely N-dealkylation sites (tertiary alicyclic amines) is 1. The minimum atomic E-state index is 0.378. The van der Waals surface area contributed by atoms with Crippen LogP contribution in [-0.2, 0) is 6.54 Å². The molecule has 1 aliphatic heterocycles. The van der Waals surface area contributed by atoms with E-state index in [4.69, 9.17) is 5.73 Å². The molecule has 1 aliphatic carbocycles. The average Bonchev–Trinajstić information content (AvgIpc) is 2.78. The summed E-state index contributed by atoms with van der Waals surface area (Å²) < 4.78 is 0. The van der Waals surface area contributed by atoms with E-state index >= 15 is 0 Å². The second-order valence-electron chi connectivity index (χ2n) is 5.76. The standard InChI is InChI=1S/C15H22N2O/c16-13-5-6-15(18)12(9-13)10-17-8-7-11-3-1-2-4-14(11)17/h5-6,9,11,14,18H,1-4,7-8,10,16H2. The molecule has 1 aromatic carbocycles. The summed E-state index contributed by atoms with van der Waals surface area (Å²) in [5.41, 5.74) is 7.52. The summed E-state index contributed by atoms with van der Waals surface area (Å²) in [6.45, 7) is 2.02. The fourth-order valence-corrected chi connectivity index (χ4v) is 3.65. The Kier molecular flexibility index (Phi) is 3.16. The van der Waals surface area contributed by atoms with Gasteiger partial charge in [0.15, 0.2) is 0 Å². The number of nitrogen functional groups attached to an aromatic ring is 1. The summed E-state index contributed by atoms with van der Waals surface area (Å²) in [5, 5.41) is 9.91. The van der Waals surface area contributed by atoms with Gasteiger partial charge in [-0.25, -0.2) is 0 Å². The van der Waals surface area contributed by atoms with Crippen LogP contribution in [0.3, 0.4) is 0 Å². The number of fused-ring (bicyclic) bond motifs is 1. The zero-order chi connectivity index (χ0) is 12.5. The Bertz CT molecular complexity index is 433. The fraction of sp³-hybridized carbons (Fsp3) is 0.600. The molecule has 18 heavy (non-hydrogen) atoms. The number of hydrogen-bond acceptors (Lipinski definition) is 3. The first-order valence-corrected chi connectivity index (χ1v) is 7.05. The van der Waals surface area contributed by atoms with Gasteiger partial charge in [-0.3, -0.25) is 4.90 Å². The quantitative estimate of drug-likeness (QED) is 0.623. The Balaban J connectivity index is 1.74. The molecule has 1 saturated heterocycles. The Morgan fingerprint density at radius 3 is 2.94 bits per heavy atom. The highest BCUT2D eigenvalue weighted by molar-refractivity contribution is 5.47. The van der Waals surface area contributed by atoms with Crippen molar-refractivity contribution < 1.29 is 5.11 Å². The molecule has 1 saturated carbocycles. The number of phenols is 1. The van der Waals surface area contributed by atoms with Gasteiger partial charge in [-0.1, -0.05) is 12.8 Å². The number of aromatic hydroxyl groups is 1. The maximum Gasteiger partial charge on any atom is 0.120 e. The van der Waals surface area contributed by atoms with Gasteiger partial charge < -0.3 is 10.8 Å². The molecule has 1 aromatic rings. The van der Waals surface area contributed by atoms with Crippen molar-refractivity contribution in [2.24, 2.45) is 5.92 Å². The van der Waals surface area contributed by atoms with E-state index in [1.165, 1.54) is 38.6 Å². The molecule has 0 aromatic heterocycles. The molecule has 3 N–H and O–H groups in total. The van der Waals surface area contributed by atoms with Gasteiger partial charge in [-0.15, -0.1) is 0 Å². The Hall–Kier alpha value is -1.22. The molecule has 0 radical (unpaired) electrons. The second kappa shape index (κ2) is 4.81. The molecule has 3 nitrogen and oxygen atoms in total. The predicted molar refractivity (Wildman–Crippen MR) is 73.3 cm³/mol. The van der Waals surface area contributed by atoms with Crippen LogP contribution in [0, 0.1) is 5.92 Å². The van der Waals surface area contributed by atoms with E-state index < -0.39 is 0 Å². The van der Waals surface area contributed by atoms with E-state index in [9.17, 15) is 5.11 Å². The van der Waals surface area contributed by atoms with Gasteiger partial charge >= 0.3 is 0 Å². The van der Waals surface area contributed by atoms with E-state index in [0.29, 0.717) is 5.75 Å². The molecule has 3 heteroatoms. The number of anilines is 1. The van der Waals surface area contributed by atoms with Gasteiger partial charge in [0, 0.05) is 23.8 Å². The van der Waals surface area contributed by atoms with Crippen LogP contribution >= 0.6 is 0 Å². The van der Waals surface area contributed by atoms with E-state index in [0.717, 1.165) is 29.8 Å². The van der Waals surface area contributed by atoms with Crippen molar-refractivity contribution in [3.63, 3.8) is 0 Å². The maximum atomic E-state index is 9.91. The Morgan fingerprint density at radius 2 is 2.06 bits per heavy atom. The first-order chi connectivity index (χ1) is 8.74. The lowest BCUT2D eigenvalue weighted by molar-refractivity contribution is 0.174. The Labute approximate surface area is 109 Å². The molecule has 2 atom stereocenters. The van der Waals surface area contributed by atoms with Crippen molar-refractivity contribution in [3.8, 4) is 5.75 Å². The molecule has 2 fully saturated rings. The lowest BCUT2D eigenvalue weighted by atomic mass is 9.85. The third-order valence-electron chi connectivity index (χ3n) is 4.60. The van der Waals surface area contributed by atoms with Crippen molar-refractivity contribution in [2.75, 3.05) is 12.3 Å². The third kappa shape index (κ3) is 2.19. The second-order valence-corrected chi connectivity index (χ2v) is 5.76. The van der Waals surface area contributed by atoms with Crippen molar-refractivity contribution in [1.82, 2.24) is 4.90 Å². The summed E-state index contributed by atoms with van der Waals surface area (Å²) in [6.07, 6.45) is 6.81. The lowest BCUT2D eigenvalue weighted by Gasteiger charge is -2.31. The number of hydrogen-bond donors (Lipinski definition) is 2. The summed E-state index contributed by atoms with van der Waals surface area (Å²) in [5.74, 6) is 1.27. The van der Waals surface area contributed by atoms with Crippen LogP contribution in [-0.4, -0.2) is 22.6 Å². The van der Waals surface area contributed by atoms with Gasteiger partial charge in [-0.2, -0.15) is 0 Å². The van der Waals surface area contributed by atoms with Gasteiger partial charge in [0.25, 0.3) is 0 Å². The summed E-state index contributed by atoms with van der Waals surface area (Å²) in [7, 11) is 0. The highest BCUT2D eigenvalue weighted by Gasteiger charge is 2.35. The first-order valence-electron chi connectivity index (χ1n) is 7.05. The summed E-state index contributed by atoms with van der Waals surface area (Å²) in [6, 6.07) is 6.11. The third-order valence-corrected chi connectivity index (χ3v) is 4.60. The van der Waals surface area contributed by atoms with Gasteiger partial charge in [0.2, 0.25) is 0 Å². The van der Waals surface area contributed by atoms with Gasteiger partial charge in [0.05, 0.1) is 0 Å². The van der Waals surface area contributed by atoms with E-state index in [1.807, 2.05) is 6.07 Å². The minimum Gasteiger partial charge on any atom is -0.508 e. The van der Waals surface area contributed by atoms with E-state index in [-0.39, 0.29) is 0 Å². The van der Waals surface area contributed by atoms with Crippen LogP contribution in [0.1, 0.15) is 37.7 Å². The SMILES string of the molecule is Nc1ccc(O)c(CN2CCC3CCCCC32)c1. The highest BCUT2D eigenvalue weighted by Crippen LogP contribution is 2.37. The van der Waals surface area contributed by atoms with Crippen LogP contribution in [0.5, 0.6) is 5.75 Å². The minimum absolute atomic E-state index is 0.378. The zero-order valence-electron chi connectivity index (χ0n) is 10.8. The van der Waals surface area contributed by atoms with Gasteiger partial charge in [-0.05, 0) is 49.9 Å². The van der Waals surface area contributed by atoms with Crippen LogP contribution in [0.15, 0.2) is 18.2 Å². The van der Waals surface area contributed by atoms with E-state index in [2.05, 4.69) is 4.90 Å². The summed E-state index contributed by atoms with van der Waals surface area (Å²) in [4.78, 5) is 2.54. The smallest absolute Gasteiger partial charge is 0.120 e. The monoisotopic (exact) mass is 246 g/mol. The van der Waals surface area contributed by atoms with Crippen LogP contribution < -0.4 is 5.73 Å². The highest BCUT2D eigenvalue weighted by atomic mass is 16.3. The molecule has 0 amide bonds. The lowest BCUT2D eigenvalue weighted by Crippen LogP contribution is -2.34. The molecular weight excluding hydrogens is 224 g/mol. The maximum absolute atomic E-state index is 9.91. The van der Waals surface area contributed by atoms with Crippen molar-refractivity contribution in [1.29, 1.82) is 0 Å². The predicted octanol–water partition coefficient (Wildman–Crippen LogP) is 2.74. The number of benzene rings is 1. The normalized spacial score (nSPS) is 28.2. The van der Waals surface area contributed by atoms with Crippen LogP contribution in [0.2, 0.25) is 0 Å². The average molecular weight is 246 g/mol. The molecule has 0 bridgehead atoms. The number of rotatable bonds is 2. The van der Waals surface area contributed by atoms with Crippen molar-refractivity contribution in [2.45, 2.75) is 44.7 Å². The van der Waals surface area contributed by atoms with Crippen molar-refractivity contribution >= 4 is 5.69 Å². The van der Waals surface area contributed by atoms with E-state index in [1.54, 1.807) is 12.1 Å². The van der Waals surface area contributed by atoms with Gasteiger partial charge in [0.1, 0.15) is 5.75 Å². The first kappa shape index (κ1) is 11.8. The molecular formula is C15H22N2O. The number of phenolic OH excluding ortho intramolecular Hbond substituents is 1.